The minimum absolute atomic E-state index is 0.252. The molecule has 0 bridgehead atoms. The summed E-state index contributed by atoms with van der Waals surface area (Å²) in [6, 6.07) is 26.5. The van der Waals surface area contributed by atoms with Gasteiger partial charge in [0.1, 0.15) is 5.82 Å². The summed E-state index contributed by atoms with van der Waals surface area (Å²) in [5.74, 6) is 5.86. The summed E-state index contributed by atoms with van der Waals surface area (Å²) in [5.41, 5.74) is 6.24. The van der Waals surface area contributed by atoms with Gasteiger partial charge in [-0.2, -0.15) is 0 Å². The van der Waals surface area contributed by atoms with Crippen LogP contribution in [0.25, 0.3) is 21.9 Å². The molecule has 0 aliphatic carbocycles. The topological polar surface area (TPSA) is 0 Å². The molecule has 0 saturated carbocycles. The lowest BCUT2D eigenvalue weighted by molar-refractivity contribution is 0.636. The van der Waals surface area contributed by atoms with E-state index in [1.165, 1.54) is 11.1 Å². The highest BCUT2D eigenvalue weighted by molar-refractivity contribution is 5.89. The fourth-order valence-electron chi connectivity index (χ4n) is 3.90. The maximum Gasteiger partial charge on any atom is 0.146 e. The predicted molar refractivity (Wildman–Crippen MR) is 130 cm³/mol. The third-order valence-electron chi connectivity index (χ3n) is 5.61. The highest BCUT2D eigenvalue weighted by atomic mass is 19.1. The van der Waals surface area contributed by atoms with E-state index in [-0.39, 0.29) is 5.82 Å². The van der Waals surface area contributed by atoms with Crippen molar-refractivity contribution in [1.82, 2.24) is 0 Å². The van der Waals surface area contributed by atoms with Crippen molar-refractivity contribution < 1.29 is 4.39 Å². The molecule has 4 aromatic carbocycles. The predicted octanol–water partition coefficient (Wildman–Crippen LogP) is 7.95. The summed E-state index contributed by atoms with van der Waals surface area (Å²) in [5, 5.41) is 1.50. The molecule has 4 aromatic rings. The van der Waals surface area contributed by atoms with E-state index in [1.807, 2.05) is 30.3 Å². The van der Waals surface area contributed by atoms with Crippen LogP contribution < -0.4 is 0 Å². The molecule has 31 heavy (non-hydrogen) atoms. The molecule has 0 heterocycles. The first-order valence-corrected chi connectivity index (χ1v) is 11.1. The van der Waals surface area contributed by atoms with Crippen molar-refractivity contribution in [2.75, 3.05) is 0 Å². The number of hydrogen-bond donors (Lipinski definition) is 0. The number of halogens is 1. The number of rotatable bonds is 5. The van der Waals surface area contributed by atoms with E-state index in [0.29, 0.717) is 10.9 Å². The third-order valence-corrected chi connectivity index (χ3v) is 5.61. The second-order valence-corrected chi connectivity index (χ2v) is 8.01. The van der Waals surface area contributed by atoms with Gasteiger partial charge < -0.3 is 0 Å². The molecule has 0 spiro atoms. The van der Waals surface area contributed by atoms with E-state index < -0.39 is 0 Å². The fourth-order valence-corrected chi connectivity index (χ4v) is 3.90. The normalized spacial score (nSPS) is 10.7. The van der Waals surface area contributed by atoms with Crippen molar-refractivity contribution in [2.24, 2.45) is 0 Å². The zero-order chi connectivity index (χ0) is 21.6. The van der Waals surface area contributed by atoms with Crippen molar-refractivity contribution in [2.45, 2.75) is 39.5 Å². The van der Waals surface area contributed by atoms with Crippen LogP contribution in [0.15, 0.2) is 78.9 Å². The Kier molecular flexibility index (Phi) is 6.48. The molecule has 154 valence electrons. The molecule has 1 heteroatoms. The molecule has 0 radical (unpaired) electrons. The second kappa shape index (κ2) is 9.63. The lowest BCUT2D eigenvalue weighted by Gasteiger charge is -2.07. The van der Waals surface area contributed by atoms with Gasteiger partial charge in [0.05, 0.1) is 5.56 Å². The van der Waals surface area contributed by atoms with Crippen LogP contribution in [-0.2, 0) is 12.8 Å². The Morgan fingerprint density at radius 2 is 1.26 bits per heavy atom. The van der Waals surface area contributed by atoms with Gasteiger partial charge in [-0.1, -0.05) is 93.1 Å². The fraction of sp³-hybridized carbons (Fsp3) is 0.200. The van der Waals surface area contributed by atoms with Gasteiger partial charge in [0.25, 0.3) is 0 Å². The monoisotopic (exact) mass is 406 g/mol. The first kappa shape index (κ1) is 20.9. The number of aryl methyl sites for hydroxylation is 2. The van der Waals surface area contributed by atoms with Gasteiger partial charge in [-0.25, -0.2) is 4.39 Å². The largest absolute Gasteiger partial charge is 0.205 e. The lowest BCUT2D eigenvalue weighted by atomic mass is 9.98. The van der Waals surface area contributed by atoms with Gasteiger partial charge >= 0.3 is 0 Å². The van der Waals surface area contributed by atoms with E-state index in [4.69, 9.17) is 0 Å². The van der Waals surface area contributed by atoms with Crippen molar-refractivity contribution in [1.29, 1.82) is 0 Å². The van der Waals surface area contributed by atoms with Crippen LogP contribution in [0.5, 0.6) is 0 Å². The van der Waals surface area contributed by atoms with E-state index in [0.717, 1.165) is 47.8 Å². The van der Waals surface area contributed by atoms with E-state index in [1.54, 1.807) is 6.07 Å². The number of fused-ring (bicyclic) bond motifs is 1. The first-order chi connectivity index (χ1) is 15.2. The van der Waals surface area contributed by atoms with Gasteiger partial charge in [-0.05, 0) is 64.7 Å². The van der Waals surface area contributed by atoms with Crippen molar-refractivity contribution in [3.63, 3.8) is 0 Å². The Labute approximate surface area is 184 Å². The molecule has 0 amide bonds. The molecular formula is C30H27F. The summed E-state index contributed by atoms with van der Waals surface area (Å²) >= 11 is 0. The van der Waals surface area contributed by atoms with E-state index in [2.05, 4.69) is 68.2 Å². The average Bonchev–Trinajstić information content (AvgIpc) is 2.80. The van der Waals surface area contributed by atoms with Gasteiger partial charge in [-0.3, -0.25) is 0 Å². The molecule has 0 saturated heterocycles. The van der Waals surface area contributed by atoms with Crippen molar-refractivity contribution in [3.05, 3.63) is 107 Å². The Hall–Kier alpha value is -3.37. The van der Waals surface area contributed by atoms with Gasteiger partial charge in [-0.15, -0.1) is 0 Å². The number of hydrogen-bond acceptors (Lipinski definition) is 0. The lowest BCUT2D eigenvalue weighted by Crippen LogP contribution is -1.88. The summed E-state index contributed by atoms with van der Waals surface area (Å²) in [4.78, 5) is 0. The maximum absolute atomic E-state index is 15.1. The maximum atomic E-state index is 15.1. The molecular weight excluding hydrogens is 379 g/mol. The van der Waals surface area contributed by atoms with Crippen LogP contribution in [0, 0.1) is 17.7 Å². The van der Waals surface area contributed by atoms with Crippen LogP contribution in [0.3, 0.4) is 0 Å². The molecule has 0 unspecified atom stereocenters. The van der Waals surface area contributed by atoms with Crippen molar-refractivity contribution >= 4 is 10.8 Å². The number of benzene rings is 4. The van der Waals surface area contributed by atoms with Gasteiger partial charge in [0.2, 0.25) is 0 Å². The summed E-state index contributed by atoms with van der Waals surface area (Å²) in [6.07, 6.45) is 4.43. The SMILES string of the molecule is CCCc1ccc(C#Cc2ccc3cc(-c4ccc(CCC)cc4)ccc3c2F)cc1. The quantitative estimate of drug-likeness (QED) is 0.295. The highest BCUT2D eigenvalue weighted by Crippen LogP contribution is 2.27. The van der Waals surface area contributed by atoms with Crippen LogP contribution in [0.4, 0.5) is 4.39 Å². The molecule has 0 atom stereocenters. The van der Waals surface area contributed by atoms with Gasteiger partial charge in [0, 0.05) is 10.9 Å². The second-order valence-electron chi connectivity index (χ2n) is 8.01. The molecule has 0 aliphatic rings. The minimum atomic E-state index is -0.252. The van der Waals surface area contributed by atoms with Crippen LogP contribution >= 0.6 is 0 Å². The molecule has 0 aliphatic heterocycles. The molecule has 4 rings (SSSR count). The zero-order valence-corrected chi connectivity index (χ0v) is 18.2. The van der Waals surface area contributed by atoms with Crippen LogP contribution in [-0.4, -0.2) is 0 Å². The Morgan fingerprint density at radius 1 is 0.645 bits per heavy atom. The standard InChI is InChI=1S/C30H27F/c1-3-5-22-7-9-24(10-8-22)13-16-26-17-18-28-21-27(19-20-29(28)30(26)31)25-14-11-23(6-4-2)12-15-25/h7-12,14-15,17-21H,3-6H2,1-2H3. The Bertz CT molecular complexity index is 1240. The van der Waals surface area contributed by atoms with Crippen LogP contribution in [0.2, 0.25) is 0 Å². The van der Waals surface area contributed by atoms with E-state index in [9.17, 15) is 0 Å². The smallest absolute Gasteiger partial charge is 0.146 e. The summed E-state index contributed by atoms with van der Waals surface area (Å²) in [6.45, 7) is 4.36. The van der Waals surface area contributed by atoms with E-state index >= 15 is 4.39 Å². The Morgan fingerprint density at radius 3 is 1.90 bits per heavy atom. The van der Waals surface area contributed by atoms with Crippen LogP contribution in [0.1, 0.15) is 48.9 Å². The first-order valence-electron chi connectivity index (χ1n) is 11.1. The Balaban J connectivity index is 1.60. The molecule has 0 N–H and O–H groups in total. The minimum Gasteiger partial charge on any atom is -0.205 e. The zero-order valence-electron chi connectivity index (χ0n) is 18.2. The summed E-state index contributed by atoms with van der Waals surface area (Å²) in [7, 11) is 0. The highest BCUT2D eigenvalue weighted by Gasteiger charge is 2.07. The molecule has 0 nitrogen and oxygen atoms in total. The summed E-state index contributed by atoms with van der Waals surface area (Å²) < 4.78 is 15.1. The van der Waals surface area contributed by atoms with Gasteiger partial charge in [0.15, 0.2) is 0 Å². The average molecular weight is 407 g/mol. The third kappa shape index (κ3) is 4.86. The molecule has 0 fully saturated rings. The van der Waals surface area contributed by atoms with Crippen molar-refractivity contribution in [3.8, 4) is 23.0 Å². The molecule has 0 aromatic heterocycles.